The van der Waals surface area contributed by atoms with E-state index in [0.717, 1.165) is 56.8 Å². The Morgan fingerprint density at radius 1 is 0.892 bits per heavy atom. The molecular formula is C31H49N5O. The zero-order chi connectivity index (χ0) is 25.0. The average molecular weight is 508 g/mol. The number of amides is 1. The number of likely N-dealkylation sites (tertiary alicyclic amines) is 3. The summed E-state index contributed by atoms with van der Waals surface area (Å²) < 4.78 is 0. The van der Waals surface area contributed by atoms with Crippen LogP contribution in [0.1, 0.15) is 82.6 Å². The topological polar surface area (TPSA) is 42.9 Å². The number of rotatable bonds is 7. The third-order valence-electron chi connectivity index (χ3n) is 10.5. The number of aromatic nitrogens is 1. The SMILES string of the molecule is O=C(CCC[C@@H]1[C@H]2CCCN3CCC[C@@H](CN1Cc1cccnc1)[C@@H]23)N1CCC(N2CCCCC2)CC1. The molecule has 6 rings (SSSR count). The second kappa shape index (κ2) is 12.1. The summed E-state index contributed by atoms with van der Waals surface area (Å²) in [4.78, 5) is 28.2. The largest absolute Gasteiger partial charge is 0.343 e. The molecule has 0 saturated carbocycles. The summed E-state index contributed by atoms with van der Waals surface area (Å²) in [5.74, 6) is 1.99. The van der Waals surface area contributed by atoms with Crippen molar-refractivity contribution in [3.8, 4) is 0 Å². The fourth-order valence-electron chi connectivity index (χ4n) is 8.77. The summed E-state index contributed by atoms with van der Waals surface area (Å²) in [6, 6.07) is 6.40. The van der Waals surface area contributed by atoms with Gasteiger partial charge in [0, 0.05) is 63.1 Å². The molecule has 5 aliphatic heterocycles. The minimum absolute atomic E-state index is 0.410. The van der Waals surface area contributed by atoms with Gasteiger partial charge in [0.05, 0.1) is 0 Å². The van der Waals surface area contributed by atoms with Crippen molar-refractivity contribution in [3.05, 3.63) is 30.1 Å². The first-order valence-corrected chi connectivity index (χ1v) is 15.6. The van der Waals surface area contributed by atoms with E-state index < -0.39 is 0 Å². The Morgan fingerprint density at radius 3 is 2.46 bits per heavy atom. The summed E-state index contributed by atoms with van der Waals surface area (Å²) >= 11 is 0. The highest BCUT2D eigenvalue weighted by Crippen LogP contribution is 2.43. The van der Waals surface area contributed by atoms with Crippen LogP contribution in [-0.4, -0.2) is 94.4 Å². The van der Waals surface area contributed by atoms with Crippen LogP contribution in [0.15, 0.2) is 24.5 Å². The predicted octanol–water partition coefficient (Wildman–Crippen LogP) is 4.40. The van der Waals surface area contributed by atoms with Crippen LogP contribution in [0.5, 0.6) is 0 Å². The quantitative estimate of drug-likeness (QED) is 0.547. The smallest absolute Gasteiger partial charge is 0.222 e. The van der Waals surface area contributed by atoms with E-state index in [1.165, 1.54) is 96.1 Å². The Hall–Kier alpha value is -1.50. The summed E-state index contributed by atoms with van der Waals surface area (Å²) in [7, 11) is 0. The molecule has 1 aromatic heterocycles. The Balaban J connectivity index is 1.05. The lowest BCUT2D eigenvalue weighted by molar-refractivity contribution is -0.133. The van der Waals surface area contributed by atoms with Gasteiger partial charge in [0.2, 0.25) is 5.91 Å². The fraction of sp³-hybridized carbons (Fsp3) is 0.806. The third kappa shape index (κ3) is 5.91. The number of hydrogen-bond acceptors (Lipinski definition) is 5. The Bertz CT molecular complexity index is 864. The lowest BCUT2D eigenvalue weighted by Crippen LogP contribution is -2.64. The first-order chi connectivity index (χ1) is 18.3. The Labute approximate surface area is 224 Å². The molecule has 0 radical (unpaired) electrons. The van der Waals surface area contributed by atoms with E-state index >= 15 is 0 Å². The highest BCUT2D eigenvalue weighted by Gasteiger charge is 2.48. The van der Waals surface area contributed by atoms with Gasteiger partial charge >= 0.3 is 0 Å². The maximum absolute atomic E-state index is 13.2. The number of hydrogen-bond donors (Lipinski definition) is 0. The molecule has 204 valence electrons. The van der Waals surface area contributed by atoms with Crippen LogP contribution in [0.2, 0.25) is 0 Å². The van der Waals surface area contributed by atoms with Crippen LogP contribution in [-0.2, 0) is 11.3 Å². The molecule has 5 aliphatic rings. The van der Waals surface area contributed by atoms with E-state index in [2.05, 4.69) is 36.7 Å². The van der Waals surface area contributed by atoms with Gasteiger partial charge in [-0.2, -0.15) is 0 Å². The molecule has 6 heterocycles. The second-order valence-electron chi connectivity index (χ2n) is 12.7. The van der Waals surface area contributed by atoms with Crippen LogP contribution >= 0.6 is 0 Å². The third-order valence-corrected chi connectivity index (χ3v) is 10.5. The van der Waals surface area contributed by atoms with Crippen LogP contribution < -0.4 is 0 Å². The fourth-order valence-corrected chi connectivity index (χ4v) is 8.77. The lowest BCUT2D eigenvalue weighted by atomic mass is 9.69. The molecule has 37 heavy (non-hydrogen) atoms. The van der Waals surface area contributed by atoms with Crippen LogP contribution in [0.3, 0.4) is 0 Å². The number of carbonyl (C=O) groups is 1. The number of piperidine rings is 5. The normalized spacial score (nSPS) is 32.3. The zero-order valence-corrected chi connectivity index (χ0v) is 23.0. The molecule has 1 aromatic rings. The molecule has 4 atom stereocenters. The summed E-state index contributed by atoms with van der Waals surface area (Å²) in [6.07, 6.45) is 18.8. The Kier molecular flexibility index (Phi) is 8.44. The van der Waals surface area contributed by atoms with Gasteiger partial charge in [-0.25, -0.2) is 0 Å². The van der Waals surface area contributed by atoms with E-state index in [1.807, 2.05) is 12.4 Å². The van der Waals surface area contributed by atoms with Crippen molar-refractivity contribution in [2.24, 2.45) is 11.8 Å². The van der Waals surface area contributed by atoms with E-state index in [0.29, 0.717) is 18.0 Å². The van der Waals surface area contributed by atoms with Gasteiger partial charge in [-0.3, -0.25) is 19.6 Å². The maximum Gasteiger partial charge on any atom is 0.222 e. The van der Waals surface area contributed by atoms with Crippen LogP contribution in [0.25, 0.3) is 0 Å². The van der Waals surface area contributed by atoms with Crippen molar-refractivity contribution in [3.63, 3.8) is 0 Å². The van der Waals surface area contributed by atoms with Crippen molar-refractivity contribution in [1.82, 2.24) is 24.6 Å². The average Bonchev–Trinajstić information content (AvgIpc) is 2.96. The standard InChI is InChI=1S/C31H49N5O/c37-30(34-20-13-27(14-21-34)33-16-2-1-3-17-33)12-4-11-29-28-10-7-19-35-18-6-9-26(31(28)35)24-36(29)23-25-8-5-15-32-22-25/h5,8,15,22,26-29,31H,1-4,6-7,9-14,16-21,23-24H2/t26-,28+,29+,31-/m0/s1. The monoisotopic (exact) mass is 507 g/mol. The van der Waals surface area contributed by atoms with Crippen molar-refractivity contribution < 1.29 is 4.79 Å². The highest BCUT2D eigenvalue weighted by molar-refractivity contribution is 5.76. The van der Waals surface area contributed by atoms with Crippen molar-refractivity contribution >= 4 is 5.91 Å². The molecule has 0 aliphatic carbocycles. The van der Waals surface area contributed by atoms with Crippen molar-refractivity contribution in [2.75, 3.05) is 45.8 Å². The molecule has 6 heteroatoms. The lowest BCUT2D eigenvalue weighted by Gasteiger charge is -2.57. The van der Waals surface area contributed by atoms with Gasteiger partial charge < -0.3 is 9.80 Å². The molecule has 1 amide bonds. The molecule has 0 spiro atoms. The van der Waals surface area contributed by atoms with Crippen molar-refractivity contribution in [1.29, 1.82) is 0 Å². The second-order valence-corrected chi connectivity index (χ2v) is 12.7. The highest BCUT2D eigenvalue weighted by atomic mass is 16.2. The van der Waals surface area contributed by atoms with E-state index in [4.69, 9.17) is 0 Å². The van der Waals surface area contributed by atoms with Gasteiger partial charge in [-0.1, -0.05) is 12.5 Å². The van der Waals surface area contributed by atoms with E-state index in [-0.39, 0.29) is 0 Å². The molecule has 0 aromatic carbocycles. The predicted molar refractivity (Wildman–Crippen MR) is 148 cm³/mol. The van der Waals surface area contributed by atoms with Crippen molar-refractivity contribution in [2.45, 2.75) is 102 Å². The number of pyridine rings is 1. The van der Waals surface area contributed by atoms with Gasteiger partial charge in [-0.05, 0) is 114 Å². The van der Waals surface area contributed by atoms with E-state index in [9.17, 15) is 4.79 Å². The minimum Gasteiger partial charge on any atom is -0.343 e. The summed E-state index contributed by atoms with van der Waals surface area (Å²) in [6.45, 7) is 9.32. The van der Waals surface area contributed by atoms with Gasteiger partial charge in [0.25, 0.3) is 0 Å². The molecule has 0 N–H and O–H groups in total. The van der Waals surface area contributed by atoms with E-state index in [1.54, 1.807) is 0 Å². The Morgan fingerprint density at radius 2 is 1.68 bits per heavy atom. The molecular weight excluding hydrogens is 458 g/mol. The van der Waals surface area contributed by atoms with Gasteiger partial charge in [0.1, 0.15) is 0 Å². The number of carbonyl (C=O) groups excluding carboxylic acids is 1. The van der Waals surface area contributed by atoms with Crippen LogP contribution in [0.4, 0.5) is 0 Å². The minimum atomic E-state index is 0.410. The first kappa shape index (κ1) is 25.8. The molecule has 5 saturated heterocycles. The molecule has 0 unspecified atom stereocenters. The maximum atomic E-state index is 13.2. The zero-order valence-electron chi connectivity index (χ0n) is 23.0. The van der Waals surface area contributed by atoms with Gasteiger partial charge in [0.15, 0.2) is 0 Å². The summed E-state index contributed by atoms with van der Waals surface area (Å²) in [5.41, 5.74) is 1.34. The summed E-state index contributed by atoms with van der Waals surface area (Å²) in [5, 5.41) is 0. The molecule has 5 fully saturated rings. The number of nitrogens with zero attached hydrogens (tertiary/aromatic N) is 5. The van der Waals surface area contributed by atoms with Crippen LogP contribution in [0, 0.1) is 11.8 Å². The first-order valence-electron chi connectivity index (χ1n) is 15.6. The van der Waals surface area contributed by atoms with Gasteiger partial charge in [-0.15, -0.1) is 0 Å². The molecule has 6 nitrogen and oxygen atoms in total. The molecule has 0 bridgehead atoms.